The number of amides is 1. The fraction of sp³-hybridized carbons (Fsp3) is 0.667. The van der Waals surface area contributed by atoms with E-state index in [-0.39, 0.29) is 17.2 Å². The molecule has 0 aliphatic carbocycles. The summed E-state index contributed by atoms with van der Waals surface area (Å²) in [5.41, 5.74) is 6.02. The molecule has 164 valence electrons. The van der Waals surface area contributed by atoms with Gasteiger partial charge in [0.15, 0.2) is 5.78 Å². The van der Waals surface area contributed by atoms with Gasteiger partial charge in [-0.1, -0.05) is 51.1 Å². The lowest BCUT2D eigenvalue weighted by Gasteiger charge is -2.32. The molecule has 5 nitrogen and oxygen atoms in total. The summed E-state index contributed by atoms with van der Waals surface area (Å²) in [5.74, 6) is -0.0265. The van der Waals surface area contributed by atoms with Gasteiger partial charge >= 0.3 is 0 Å². The van der Waals surface area contributed by atoms with Gasteiger partial charge in [-0.2, -0.15) is 0 Å². The van der Waals surface area contributed by atoms with Crippen LogP contribution < -0.4 is 16.4 Å². The van der Waals surface area contributed by atoms with Crippen LogP contribution in [0.1, 0.15) is 72.8 Å². The molecule has 29 heavy (non-hydrogen) atoms. The van der Waals surface area contributed by atoms with E-state index in [2.05, 4.69) is 10.6 Å². The van der Waals surface area contributed by atoms with E-state index in [4.69, 9.17) is 5.73 Å². The molecule has 0 aliphatic heterocycles. The number of nitrogens with one attached hydrogen (secondary N) is 2. The third kappa shape index (κ3) is 9.09. The molecule has 2 atom stereocenters. The van der Waals surface area contributed by atoms with Gasteiger partial charge in [-0.15, -0.1) is 0 Å². The first-order valence-electron chi connectivity index (χ1n) is 10.9. The Kier molecular flexibility index (Phi) is 10.0. The van der Waals surface area contributed by atoms with Crippen LogP contribution in [-0.4, -0.2) is 35.9 Å². The van der Waals surface area contributed by atoms with Crippen LogP contribution in [0.4, 0.5) is 0 Å². The lowest BCUT2D eigenvalue weighted by atomic mass is 9.80. The van der Waals surface area contributed by atoms with Gasteiger partial charge in [-0.25, -0.2) is 0 Å². The minimum atomic E-state index is -0.482. The Morgan fingerprint density at radius 1 is 1.00 bits per heavy atom. The summed E-state index contributed by atoms with van der Waals surface area (Å²) in [4.78, 5) is 26.4. The number of ketones is 1. The molecule has 2 unspecified atom stereocenters. The van der Waals surface area contributed by atoms with E-state index in [1.165, 1.54) is 0 Å². The van der Waals surface area contributed by atoms with Crippen LogP contribution in [0.2, 0.25) is 0 Å². The van der Waals surface area contributed by atoms with Gasteiger partial charge in [-0.3, -0.25) is 9.59 Å². The summed E-state index contributed by atoms with van der Waals surface area (Å²) < 4.78 is 0. The topological polar surface area (TPSA) is 84.2 Å². The molecule has 0 saturated heterocycles. The Morgan fingerprint density at radius 3 is 2.14 bits per heavy atom. The number of carbonyl (C=O) groups excluding carboxylic acids is 2. The summed E-state index contributed by atoms with van der Waals surface area (Å²) in [6, 6.07) is 9.07. The highest BCUT2D eigenvalue weighted by Gasteiger charge is 2.34. The average Bonchev–Trinajstić information content (AvgIpc) is 2.66. The SMILES string of the molecule is CCC(C)(C)C(=O)C(CCCCN)NC(=O)C(Cc1ccccc1)NC(C)(C)C. The first kappa shape index (κ1) is 25.3. The van der Waals surface area contributed by atoms with Crippen molar-refractivity contribution in [3.05, 3.63) is 35.9 Å². The van der Waals surface area contributed by atoms with E-state index in [1.807, 2.05) is 71.9 Å². The van der Waals surface area contributed by atoms with E-state index in [1.54, 1.807) is 0 Å². The Balaban J connectivity index is 3.00. The first-order valence-corrected chi connectivity index (χ1v) is 10.9. The smallest absolute Gasteiger partial charge is 0.238 e. The molecule has 1 aromatic carbocycles. The zero-order valence-electron chi connectivity index (χ0n) is 19.2. The van der Waals surface area contributed by atoms with Crippen molar-refractivity contribution < 1.29 is 9.59 Å². The van der Waals surface area contributed by atoms with Gasteiger partial charge in [0.05, 0.1) is 12.1 Å². The number of carbonyl (C=O) groups is 2. The third-order valence-corrected chi connectivity index (χ3v) is 5.34. The van der Waals surface area contributed by atoms with Crippen molar-refractivity contribution in [2.45, 2.75) is 91.3 Å². The molecule has 0 saturated carbocycles. The number of Topliss-reactive ketones (excluding diaryl/α,β-unsaturated/α-hetero) is 1. The molecule has 1 aromatic rings. The lowest BCUT2D eigenvalue weighted by molar-refractivity contribution is -0.134. The zero-order valence-corrected chi connectivity index (χ0v) is 19.2. The molecule has 1 amide bonds. The van der Waals surface area contributed by atoms with Crippen molar-refractivity contribution in [1.29, 1.82) is 0 Å². The number of hydrogen-bond acceptors (Lipinski definition) is 4. The summed E-state index contributed by atoms with van der Waals surface area (Å²) in [5, 5.41) is 6.49. The van der Waals surface area contributed by atoms with Crippen molar-refractivity contribution in [3.8, 4) is 0 Å². The molecule has 1 rings (SSSR count). The van der Waals surface area contributed by atoms with Crippen LogP contribution in [0.25, 0.3) is 0 Å². The van der Waals surface area contributed by atoms with E-state index >= 15 is 0 Å². The van der Waals surface area contributed by atoms with Crippen LogP contribution in [0.5, 0.6) is 0 Å². The minimum Gasteiger partial charge on any atom is -0.345 e. The molecule has 0 heterocycles. The van der Waals surface area contributed by atoms with Crippen molar-refractivity contribution >= 4 is 11.7 Å². The van der Waals surface area contributed by atoms with E-state index in [9.17, 15) is 9.59 Å². The molecule has 0 fully saturated rings. The summed E-state index contributed by atoms with van der Waals surface area (Å²) in [6.07, 6.45) is 3.61. The molecule has 0 spiro atoms. The molecule has 4 N–H and O–H groups in total. The maximum atomic E-state index is 13.2. The van der Waals surface area contributed by atoms with Crippen LogP contribution in [-0.2, 0) is 16.0 Å². The molecular formula is C24H41N3O2. The van der Waals surface area contributed by atoms with E-state index < -0.39 is 17.5 Å². The number of rotatable bonds is 12. The molecule has 5 heteroatoms. The second-order valence-electron chi connectivity index (χ2n) is 9.58. The van der Waals surface area contributed by atoms with Crippen molar-refractivity contribution in [2.75, 3.05) is 6.54 Å². The highest BCUT2D eigenvalue weighted by Crippen LogP contribution is 2.24. The van der Waals surface area contributed by atoms with Crippen molar-refractivity contribution in [2.24, 2.45) is 11.1 Å². The van der Waals surface area contributed by atoms with Gasteiger partial charge in [-0.05, 0) is 65.0 Å². The molecule has 0 aliphatic rings. The second-order valence-corrected chi connectivity index (χ2v) is 9.58. The summed E-state index contributed by atoms with van der Waals surface area (Å²) in [7, 11) is 0. The minimum absolute atomic E-state index is 0.0968. The van der Waals surface area contributed by atoms with Gasteiger partial charge in [0.25, 0.3) is 0 Å². The number of hydrogen-bond donors (Lipinski definition) is 3. The summed E-state index contributed by atoms with van der Waals surface area (Å²) >= 11 is 0. The number of nitrogens with two attached hydrogens (primary N) is 1. The van der Waals surface area contributed by atoms with E-state index in [0.717, 1.165) is 24.8 Å². The molecule has 0 radical (unpaired) electrons. The maximum absolute atomic E-state index is 13.2. The normalized spacial score (nSPS) is 14.3. The van der Waals surface area contributed by atoms with Crippen LogP contribution >= 0.6 is 0 Å². The van der Waals surface area contributed by atoms with Gasteiger partial charge < -0.3 is 16.4 Å². The predicted octanol–water partition coefficient (Wildman–Crippen LogP) is 3.60. The highest BCUT2D eigenvalue weighted by molar-refractivity contribution is 5.93. The monoisotopic (exact) mass is 403 g/mol. The van der Waals surface area contributed by atoms with Crippen LogP contribution in [0, 0.1) is 5.41 Å². The molecule has 0 bridgehead atoms. The Labute approximate surface area is 177 Å². The first-order chi connectivity index (χ1) is 13.5. The van der Waals surface area contributed by atoms with Gasteiger partial charge in [0.2, 0.25) is 5.91 Å². The van der Waals surface area contributed by atoms with E-state index in [0.29, 0.717) is 19.4 Å². The fourth-order valence-electron chi connectivity index (χ4n) is 3.26. The van der Waals surface area contributed by atoms with Crippen LogP contribution in [0.15, 0.2) is 30.3 Å². The maximum Gasteiger partial charge on any atom is 0.238 e. The lowest BCUT2D eigenvalue weighted by Crippen LogP contribution is -2.56. The predicted molar refractivity (Wildman–Crippen MR) is 121 cm³/mol. The Hall–Kier alpha value is -1.72. The number of unbranched alkanes of at least 4 members (excludes halogenated alkanes) is 1. The highest BCUT2D eigenvalue weighted by atomic mass is 16.2. The molecular weight excluding hydrogens is 362 g/mol. The van der Waals surface area contributed by atoms with Crippen molar-refractivity contribution in [3.63, 3.8) is 0 Å². The second kappa shape index (κ2) is 11.5. The third-order valence-electron chi connectivity index (χ3n) is 5.34. The van der Waals surface area contributed by atoms with Gasteiger partial charge in [0.1, 0.15) is 0 Å². The van der Waals surface area contributed by atoms with Gasteiger partial charge in [0, 0.05) is 11.0 Å². The Morgan fingerprint density at radius 2 is 1.62 bits per heavy atom. The largest absolute Gasteiger partial charge is 0.345 e. The quantitative estimate of drug-likeness (QED) is 0.466. The molecule has 0 aromatic heterocycles. The van der Waals surface area contributed by atoms with Crippen molar-refractivity contribution in [1.82, 2.24) is 10.6 Å². The summed E-state index contributed by atoms with van der Waals surface area (Å²) in [6.45, 7) is 12.6. The standard InChI is InChI=1S/C24H41N3O2/c1-7-24(5,6)21(28)19(15-11-12-16-25)26-22(29)20(27-23(2,3)4)17-18-13-9-8-10-14-18/h8-10,13-14,19-20,27H,7,11-12,15-17,25H2,1-6H3,(H,26,29). The van der Waals surface area contributed by atoms with Crippen LogP contribution in [0.3, 0.4) is 0 Å². The Bertz CT molecular complexity index is 635. The fourth-order valence-corrected chi connectivity index (χ4v) is 3.26. The average molecular weight is 404 g/mol. The zero-order chi connectivity index (χ0) is 22.1. The number of benzene rings is 1.